The third-order valence-corrected chi connectivity index (χ3v) is 3.86. The van der Waals surface area contributed by atoms with Crippen LogP contribution in [0.1, 0.15) is 17.9 Å². The average Bonchev–Trinajstić information content (AvgIpc) is 3.02. The Labute approximate surface area is 146 Å². The predicted molar refractivity (Wildman–Crippen MR) is 96.6 cm³/mol. The second-order valence-electron chi connectivity index (χ2n) is 5.67. The summed E-state index contributed by atoms with van der Waals surface area (Å²) in [6.45, 7) is 1.87. The Hall–Kier alpha value is -3.08. The zero-order valence-electron chi connectivity index (χ0n) is 14.3. The molecule has 0 atom stereocenters. The largest absolute Gasteiger partial charge is 0.497 e. The fraction of sp³-hybridized carbons (Fsp3) is 0.200. The number of rotatable bonds is 6. The lowest BCUT2D eigenvalue weighted by Gasteiger charge is -2.06. The first kappa shape index (κ1) is 16.8. The maximum absolute atomic E-state index is 12.2. The zero-order valence-corrected chi connectivity index (χ0v) is 14.3. The van der Waals surface area contributed by atoms with Gasteiger partial charge in [0.25, 0.3) is 0 Å². The quantitative estimate of drug-likeness (QED) is 0.731. The van der Waals surface area contributed by atoms with Crippen LogP contribution in [0.25, 0.3) is 11.5 Å². The number of carbonyl (C=O) groups excluding carboxylic acids is 1. The molecule has 0 saturated heterocycles. The van der Waals surface area contributed by atoms with Gasteiger partial charge >= 0.3 is 0 Å². The van der Waals surface area contributed by atoms with E-state index in [1.165, 1.54) is 0 Å². The summed E-state index contributed by atoms with van der Waals surface area (Å²) in [5.41, 5.74) is 2.45. The van der Waals surface area contributed by atoms with Crippen molar-refractivity contribution < 1.29 is 13.9 Å². The van der Waals surface area contributed by atoms with Crippen LogP contribution in [0.3, 0.4) is 0 Å². The lowest BCUT2D eigenvalue weighted by Crippen LogP contribution is -2.12. The van der Waals surface area contributed by atoms with Crippen molar-refractivity contribution in [3.8, 4) is 17.2 Å². The third-order valence-electron chi connectivity index (χ3n) is 3.86. The molecular weight excluding hydrogens is 316 g/mol. The van der Waals surface area contributed by atoms with Gasteiger partial charge in [0.15, 0.2) is 0 Å². The van der Waals surface area contributed by atoms with Crippen molar-refractivity contribution in [3.63, 3.8) is 0 Å². The first-order valence-corrected chi connectivity index (χ1v) is 8.11. The third kappa shape index (κ3) is 4.26. The molecule has 2 aromatic carbocycles. The Kier molecular flexibility index (Phi) is 5.14. The molecule has 1 amide bonds. The minimum Gasteiger partial charge on any atom is -0.497 e. The Balaban J connectivity index is 1.61. The van der Waals surface area contributed by atoms with E-state index in [9.17, 15) is 4.79 Å². The summed E-state index contributed by atoms with van der Waals surface area (Å²) in [5.74, 6) is 1.96. The van der Waals surface area contributed by atoms with Gasteiger partial charge in [-0.2, -0.15) is 0 Å². The maximum atomic E-state index is 12.2. The van der Waals surface area contributed by atoms with Crippen LogP contribution in [0.2, 0.25) is 0 Å². The molecule has 0 bridgehead atoms. The number of benzene rings is 2. The summed E-state index contributed by atoms with van der Waals surface area (Å²) in [7, 11) is 1.60. The van der Waals surface area contributed by atoms with E-state index in [1.54, 1.807) is 13.2 Å². The fourth-order valence-electron chi connectivity index (χ4n) is 2.52. The van der Waals surface area contributed by atoms with E-state index in [2.05, 4.69) is 10.3 Å². The second-order valence-corrected chi connectivity index (χ2v) is 5.67. The molecule has 0 saturated carbocycles. The van der Waals surface area contributed by atoms with E-state index in [4.69, 9.17) is 9.15 Å². The molecule has 25 heavy (non-hydrogen) atoms. The van der Waals surface area contributed by atoms with Crippen molar-refractivity contribution in [2.45, 2.75) is 19.8 Å². The molecule has 1 N–H and O–H groups in total. The van der Waals surface area contributed by atoms with Gasteiger partial charge in [-0.05, 0) is 31.2 Å². The predicted octanol–water partition coefficient (Wildman–Crippen LogP) is 4.23. The number of hydrogen-bond acceptors (Lipinski definition) is 4. The Morgan fingerprint density at radius 1 is 1.16 bits per heavy atom. The van der Waals surface area contributed by atoms with Gasteiger partial charge in [-0.25, -0.2) is 4.98 Å². The number of anilines is 1. The summed E-state index contributed by atoms with van der Waals surface area (Å²) in [4.78, 5) is 16.7. The van der Waals surface area contributed by atoms with Gasteiger partial charge in [-0.15, -0.1) is 0 Å². The monoisotopic (exact) mass is 336 g/mol. The highest BCUT2D eigenvalue weighted by Crippen LogP contribution is 2.22. The number of oxazole rings is 1. The van der Waals surface area contributed by atoms with Crippen LogP contribution in [-0.4, -0.2) is 18.0 Å². The molecule has 0 unspecified atom stereocenters. The normalized spacial score (nSPS) is 10.5. The van der Waals surface area contributed by atoms with Gasteiger partial charge in [-0.3, -0.25) is 4.79 Å². The first-order valence-electron chi connectivity index (χ1n) is 8.11. The van der Waals surface area contributed by atoms with Crippen LogP contribution in [0, 0.1) is 6.92 Å². The van der Waals surface area contributed by atoms with Crippen LogP contribution in [0.5, 0.6) is 5.75 Å². The average molecular weight is 336 g/mol. The second kappa shape index (κ2) is 7.66. The van der Waals surface area contributed by atoms with E-state index in [-0.39, 0.29) is 5.91 Å². The van der Waals surface area contributed by atoms with Gasteiger partial charge < -0.3 is 14.5 Å². The fourth-order valence-corrected chi connectivity index (χ4v) is 2.52. The number of nitrogens with zero attached hydrogens (tertiary/aromatic N) is 1. The summed E-state index contributed by atoms with van der Waals surface area (Å²) < 4.78 is 10.9. The molecule has 0 spiro atoms. The van der Waals surface area contributed by atoms with Gasteiger partial charge in [0.05, 0.1) is 12.8 Å². The molecule has 3 rings (SSSR count). The number of nitrogens with one attached hydrogen (secondary N) is 1. The van der Waals surface area contributed by atoms with Crippen molar-refractivity contribution in [3.05, 3.63) is 66.1 Å². The van der Waals surface area contributed by atoms with Gasteiger partial charge in [0.1, 0.15) is 11.5 Å². The molecule has 3 aromatic rings. The summed E-state index contributed by atoms with van der Waals surface area (Å²) >= 11 is 0. The highest BCUT2D eigenvalue weighted by Gasteiger charge is 2.13. The number of methoxy groups -OCH3 is 1. The molecule has 0 aliphatic heterocycles. The van der Waals surface area contributed by atoms with E-state index >= 15 is 0 Å². The maximum Gasteiger partial charge on any atom is 0.226 e. The number of hydrogen-bond donors (Lipinski definition) is 1. The number of aromatic nitrogens is 1. The minimum atomic E-state index is -0.0723. The number of amides is 1. The molecule has 0 aliphatic rings. The Morgan fingerprint density at radius 3 is 2.72 bits per heavy atom. The van der Waals surface area contributed by atoms with E-state index in [0.29, 0.717) is 30.2 Å². The molecule has 1 aromatic heterocycles. The molecular formula is C20H20N2O3. The lowest BCUT2D eigenvalue weighted by molar-refractivity contribution is -0.116. The molecule has 128 valence electrons. The van der Waals surface area contributed by atoms with E-state index in [0.717, 1.165) is 17.0 Å². The standard InChI is InChI=1S/C20H20N2O3/c1-14-18(22-20(25-14)15-7-4-3-5-8-15)11-12-19(23)21-16-9-6-10-17(13-16)24-2/h3-10,13H,11-12H2,1-2H3,(H,21,23). The van der Waals surface area contributed by atoms with Crippen molar-refractivity contribution in [1.29, 1.82) is 0 Å². The van der Waals surface area contributed by atoms with Crippen molar-refractivity contribution >= 4 is 11.6 Å². The smallest absolute Gasteiger partial charge is 0.226 e. The summed E-state index contributed by atoms with van der Waals surface area (Å²) in [5, 5.41) is 2.87. The lowest BCUT2D eigenvalue weighted by atomic mass is 10.2. The van der Waals surface area contributed by atoms with Crippen molar-refractivity contribution in [1.82, 2.24) is 4.98 Å². The van der Waals surface area contributed by atoms with E-state index < -0.39 is 0 Å². The highest BCUT2D eigenvalue weighted by molar-refractivity contribution is 5.91. The van der Waals surface area contributed by atoms with Gasteiger partial charge in [0.2, 0.25) is 11.8 Å². The minimum absolute atomic E-state index is 0.0723. The van der Waals surface area contributed by atoms with Crippen LogP contribution < -0.4 is 10.1 Å². The molecule has 5 heteroatoms. The number of aryl methyl sites for hydroxylation is 2. The van der Waals surface area contributed by atoms with Crippen molar-refractivity contribution in [2.75, 3.05) is 12.4 Å². The van der Waals surface area contributed by atoms with Crippen molar-refractivity contribution in [2.24, 2.45) is 0 Å². The molecule has 5 nitrogen and oxygen atoms in total. The number of ether oxygens (including phenoxy) is 1. The summed E-state index contributed by atoms with van der Waals surface area (Å²) in [6, 6.07) is 17.0. The van der Waals surface area contributed by atoms with Crippen LogP contribution >= 0.6 is 0 Å². The van der Waals surface area contributed by atoms with Gasteiger partial charge in [-0.1, -0.05) is 24.3 Å². The number of carbonyl (C=O) groups is 1. The highest BCUT2D eigenvalue weighted by atomic mass is 16.5. The molecule has 0 radical (unpaired) electrons. The zero-order chi connectivity index (χ0) is 17.6. The Bertz CT molecular complexity index is 856. The Morgan fingerprint density at radius 2 is 1.96 bits per heavy atom. The van der Waals surface area contributed by atoms with Crippen LogP contribution in [0.15, 0.2) is 59.0 Å². The van der Waals surface area contributed by atoms with Crippen LogP contribution in [0.4, 0.5) is 5.69 Å². The molecule has 0 aliphatic carbocycles. The van der Waals surface area contributed by atoms with Gasteiger partial charge in [0, 0.05) is 30.2 Å². The van der Waals surface area contributed by atoms with Crippen LogP contribution in [-0.2, 0) is 11.2 Å². The summed E-state index contributed by atoms with van der Waals surface area (Å²) in [6.07, 6.45) is 0.858. The topological polar surface area (TPSA) is 64.4 Å². The molecule has 0 fully saturated rings. The van der Waals surface area contributed by atoms with E-state index in [1.807, 2.05) is 55.5 Å². The SMILES string of the molecule is COc1cccc(NC(=O)CCc2nc(-c3ccccc3)oc2C)c1. The molecule has 1 heterocycles. The first-order chi connectivity index (χ1) is 12.2.